The number of nitrogens with zero attached hydrogens (tertiary/aromatic N) is 1. The van der Waals surface area contributed by atoms with Crippen molar-refractivity contribution in [2.45, 2.75) is 6.92 Å². The minimum Gasteiger partial charge on any atom is -0.450 e. The number of rotatable bonds is 3. The van der Waals surface area contributed by atoms with Crippen molar-refractivity contribution in [2.75, 3.05) is 5.32 Å². The van der Waals surface area contributed by atoms with Gasteiger partial charge in [0.05, 0.1) is 4.47 Å². The van der Waals surface area contributed by atoms with Crippen LogP contribution in [0.5, 0.6) is 0 Å². The molecule has 1 aromatic carbocycles. The Labute approximate surface area is 144 Å². The summed E-state index contributed by atoms with van der Waals surface area (Å²) in [4.78, 5) is 12.1. The molecule has 0 fully saturated rings. The second kappa shape index (κ2) is 6.91. The molecule has 2 aromatic rings. The number of benzene rings is 1. The van der Waals surface area contributed by atoms with Crippen LogP contribution in [0.1, 0.15) is 11.3 Å². The first-order chi connectivity index (χ1) is 9.99. The number of halogens is 2. The van der Waals surface area contributed by atoms with Gasteiger partial charge in [-0.15, -0.1) is 0 Å². The van der Waals surface area contributed by atoms with Gasteiger partial charge in [0.1, 0.15) is 17.4 Å². The third kappa shape index (κ3) is 4.19. The lowest BCUT2D eigenvalue weighted by Gasteiger charge is -2.04. The number of carbonyl (C=O) groups excluding carboxylic acids is 1. The van der Waals surface area contributed by atoms with E-state index in [0.717, 1.165) is 10.0 Å². The molecule has 1 N–H and O–H groups in total. The second-order valence-corrected chi connectivity index (χ2v) is 6.10. The molecular weight excluding hydrogens is 447 g/mol. The van der Waals surface area contributed by atoms with Gasteiger partial charge in [-0.1, -0.05) is 12.1 Å². The number of aryl methyl sites for hydroxylation is 1. The van der Waals surface area contributed by atoms with Gasteiger partial charge in [-0.05, 0) is 46.6 Å². The van der Waals surface area contributed by atoms with Gasteiger partial charge in [0.2, 0.25) is 0 Å². The molecule has 0 bridgehead atoms. The summed E-state index contributed by atoms with van der Waals surface area (Å²) in [6.45, 7) is 1.93. The van der Waals surface area contributed by atoms with E-state index in [1.165, 1.54) is 6.08 Å². The summed E-state index contributed by atoms with van der Waals surface area (Å²) >= 11 is 5.33. The first kappa shape index (κ1) is 15.8. The molecule has 0 unspecified atom stereocenters. The fourth-order valence-electron chi connectivity index (χ4n) is 1.65. The minimum atomic E-state index is -0.467. The molecule has 1 amide bonds. The van der Waals surface area contributed by atoms with Crippen molar-refractivity contribution in [1.29, 1.82) is 5.26 Å². The van der Waals surface area contributed by atoms with Crippen LogP contribution in [0, 0.1) is 22.0 Å². The highest BCUT2D eigenvalue weighted by molar-refractivity contribution is 14.1. The van der Waals surface area contributed by atoms with Gasteiger partial charge in [0.25, 0.3) is 5.91 Å². The number of nitriles is 1. The van der Waals surface area contributed by atoms with Gasteiger partial charge < -0.3 is 9.73 Å². The smallest absolute Gasteiger partial charge is 0.266 e. The fraction of sp³-hybridized carbons (Fsp3) is 0.0667. The topological polar surface area (TPSA) is 66.0 Å². The van der Waals surface area contributed by atoms with Crippen LogP contribution in [-0.4, -0.2) is 5.91 Å². The molecule has 0 atom stereocenters. The SMILES string of the molecule is Cc1cccc(NC(=O)/C(C#N)=C\c2cc(Br)c(I)o2)c1. The molecule has 0 aliphatic carbocycles. The van der Waals surface area contributed by atoms with Crippen molar-refractivity contribution < 1.29 is 9.21 Å². The van der Waals surface area contributed by atoms with Crippen LogP contribution < -0.4 is 5.32 Å². The second-order valence-electron chi connectivity index (χ2n) is 4.26. The van der Waals surface area contributed by atoms with E-state index in [-0.39, 0.29) is 5.57 Å². The number of amides is 1. The summed E-state index contributed by atoms with van der Waals surface area (Å²) in [7, 11) is 0. The predicted octanol–water partition coefficient (Wildman–Crippen LogP) is 4.50. The Kier molecular flexibility index (Phi) is 5.20. The number of furan rings is 1. The minimum absolute atomic E-state index is 0.0193. The summed E-state index contributed by atoms with van der Waals surface area (Å²) < 4.78 is 6.84. The molecule has 21 heavy (non-hydrogen) atoms. The highest BCUT2D eigenvalue weighted by Gasteiger charge is 2.12. The van der Waals surface area contributed by atoms with Crippen LogP contribution in [0.25, 0.3) is 6.08 Å². The average Bonchev–Trinajstić information content (AvgIpc) is 2.74. The Morgan fingerprint density at radius 3 is 2.81 bits per heavy atom. The van der Waals surface area contributed by atoms with Gasteiger partial charge in [-0.3, -0.25) is 4.79 Å². The Morgan fingerprint density at radius 2 is 2.24 bits per heavy atom. The molecule has 2 rings (SSSR count). The van der Waals surface area contributed by atoms with Gasteiger partial charge in [0.15, 0.2) is 3.77 Å². The van der Waals surface area contributed by atoms with E-state index in [9.17, 15) is 4.79 Å². The molecule has 0 radical (unpaired) electrons. The van der Waals surface area contributed by atoms with E-state index in [4.69, 9.17) is 9.68 Å². The van der Waals surface area contributed by atoms with Gasteiger partial charge in [-0.2, -0.15) is 5.26 Å². The van der Waals surface area contributed by atoms with Crippen LogP contribution in [0.2, 0.25) is 0 Å². The first-order valence-electron chi connectivity index (χ1n) is 5.94. The van der Waals surface area contributed by atoms with Crippen LogP contribution >= 0.6 is 38.5 Å². The van der Waals surface area contributed by atoms with Gasteiger partial charge in [0, 0.05) is 34.4 Å². The summed E-state index contributed by atoms with van der Waals surface area (Å²) in [6, 6.07) is 11.0. The van der Waals surface area contributed by atoms with Gasteiger partial charge in [-0.25, -0.2) is 0 Å². The van der Waals surface area contributed by atoms with E-state index in [1.54, 1.807) is 12.1 Å². The molecule has 0 saturated heterocycles. The van der Waals surface area contributed by atoms with Gasteiger partial charge >= 0.3 is 0 Å². The molecule has 0 spiro atoms. The lowest BCUT2D eigenvalue weighted by Crippen LogP contribution is -2.13. The maximum absolute atomic E-state index is 12.1. The largest absolute Gasteiger partial charge is 0.450 e. The zero-order valence-electron chi connectivity index (χ0n) is 11.0. The fourth-order valence-corrected chi connectivity index (χ4v) is 2.36. The average molecular weight is 457 g/mol. The van der Waals surface area contributed by atoms with Crippen molar-refractivity contribution in [3.63, 3.8) is 0 Å². The van der Waals surface area contributed by atoms with Crippen molar-refractivity contribution in [2.24, 2.45) is 0 Å². The normalized spacial score (nSPS) is 11.0. The van der Waals surface area contributed by atoms with Crippen molar-refractivity contribution in [3.8, 4) is 6.07 Å². The van der Waals surface area contributed by atoms with E-state index in [0.29, 0.717) is 15.2 Å². The molecular formula is C15H10BrIN2O2. The van der Waals surface area contributed by atoms with Crippen molar-refractivity contribution in [1.82, 2.24) is 0 Å². The zero-order chi connectivity index (χ0) is 15.4. The van der Waals surface area contributed by atoms with Crippen LogP contribution in [-0.2, 0) is 4.79 Å². The highest BCUT2D eigenvalue weighted by Crippen LogP contribution is 2.24. The molecule has 0 aliphatic rings. The summed E-state index contributed by atoms with van der Waals surface area (Å²) in [5.74, 6) is -0.0205. The van der Waals surface area contributed by atoms with Crippen molar-refractivity contribution >= 4 is 56.2 Å². The Hall–Kier alpha value is -1.59. The molecule has 1 heterocycles. The molecule has 6 heteroatoms. The maximum Gasteiger partial charge on any atom is 0.266 e. The number of carbonyl (C=O) groups is 1. The molecule has 1 aromatic heterocycles. The monoisotopic (exact) mass is 456 g/mol. The Morgan fingerprint density at radius 1 is 1.48 bits per heavy atom. The van der Waals surface area contributed by atoms with E-state index < -0.39 is 5.91 Å². The zero-order valence-corrected chi connectivity index (χ0v) is 14.7. The third-order valence-corrected chi connectivity index (χ3v) is 4.72. The van der Waals surface area contributed by atoms with E-state index in [1.807, 2.05) is 53.8 Å². The number of hydrogen-bond donors (Lipinski definition) is 1. The van der Waals surface area contributed by atoms with E-state index >= 15 is 0 Å². The third-order valence-electron chi connectivity index (χ3n) is 2.59. The predicted molar refractivity (Wildman–Crippen MR) is 92.5 cm³/mol. The van der Waals surface area contributed by atoms with Crippen LogP contribution in [0.4, 0.5) is 5.69 Å². The number of anilines is 1. The first-order valence-corrected chi connectivity index (χ1v) is 7.81. The lowest BCUT2D eigenvalue weighted by atomic mass is 10.2. The van der Waals surface area contributed by atoms with Crippen LogP contribution in [0.15, 0.2) is 44.8 Å². The van der Waals surface area contributed by atoms with E-state index in [2.05, 4.69) is 21.2 Å². The molecule has 0 saturated carbocycles. The Bertz CT molecular complexity index is 740. The summed E-state index contributed by atoms with van der Waals surface area (Å²) in [6.07, 6.45) is 1.41. The number of nitrogens with one attached hydrogen (secondary N) is 1. The molecule has 4 nitrogen and oxygen atoms in total. The maximum atomic E-state index is 12.1. The molecule has 106 valence electrons. The summed E-state index contributed by atoms with van der Waals surface area (Å²) in [5.41, 5.74) is 1.66. The lowest BCUT2D eigenvalue weighted by molar-refractivity contribution is -0.112. The Balaban J connectivity index is 2.21. The van der Waals surface area contributed by atoms with Crippen LogP contribution in [0.3, 0.4) is 0 Å². The quantitative estimate of drug-likeness (QED) is 0.420. The molecule has 0 aliphatic heterocycles. The van der Waals surface area contributed by atoms with Crippen molar-refractivity contribution in [3.05, 3.63) is 55.5 Å². The number of hydrogen-bond acceptors (Lipinski definition) is 3. The summed E-state index contributed by atoms with van der Waals surface area (Å²) in [5, 5.41) is 11.8. The standard InChI is InChI=1S/C15H10BrIN2O2/c1-9-3-2-4-11(5-9)19-15(20)10(8-18)6-12-7-13(16)14(17)21-12/h2-7H,1H3,(H,19,20)/b10-6-. The highest BCUT2D eigenvalue weighted by atomic mass is 127.